The van der Waals surface area contributed by atoms with Gasteiger partial charge in [0.15, 0.2) is 0 Å². The lowest BCUT2D eigenvalue weighted by atomic mass is 10.2. The predicted molar refractivity (Wildman–Crippen MR) is 56.6 cm³/mol. The van der Waals surface area contributed by atoms with Crippen LogP contribution in [0.15, 0.2) is 27.6 Å². The van der Waals surface area contributed by atoms with E-state index < -0.39 is 10.1 Å². The second kappa shape index (κ2) is 4.08. The second-order valence-electron chi connectivity index (χ2n) is 2.36. The molecule has 0 aliphatic rings. The molecule has 0 heterocycles. The minimum Gasteiger partial charge on any atom is -0.282 e. The molecular formula is C7H6Br2O3S. The SMILES string of the molecule is O=S(=O)(O)c1ccc(Br)cc1CBr. The molecule has 0 radical (unpaired) electrons. The Balaban J connectivity index is 3.39. The smallest absolute Gasteiger partial charge is 0.282 e. The van der Waals surface area contributed by atoms with Crippen LogP contribution in [0.4, 0.5) is 0 Å². The van der Waals surface area contributed by atoms with Crippen molar-refractivity contribution >= 4 is 42.0 Å². The van der Waals surface area contributed by atoms with Crippen LogP contribution in [-0.2, 0) is 15.4 Å². The van der Waals surface area contributed by atoms with Crippen molar-refractivity contribution < 1.29 is 13.0 Å². The van der Waals surface area contributed by atoms with Crippen molar-refractivity contribution in [3.05, 3.63) is 28.2 Å². The quantitative estimate of drug-likeness (QED) is 0.670. The zero-order valence-corrected chi connectivity index (χ0v) is 10.4. The Labute approximate surface area is 93.2 Å². The molecule has 0 saturated heterocycles. The molecule has 0 amide bonds. The average molecular weight is 330 g/mol. The van der Waals surface area contributed by atoms with E-state index in [0.29, 0.717) is 10.9 Å². The summed E-state index contributed by atoms with van der Waals surface area (Å²) in [5.41, 5.74) is 0.525. The molecule has 1 N–H and O–H groups in total. The van der Waals surface area contributed by atoms with E-state index in [4.69, 9.17) is 4.55 Å². The van der Waals surface area contributed by atoms with Gasteiger partial charge in [0.05, 0.1) is 4.90 Å². The highest BCUT2D eigenvalue weighted by Gasteiger charge is 2.14. The first-order valence-electron chi connectivity index (χ1n) is 3.27. The Morgan fingerprint density at radius 1 is 1.38 bits per heavy atom. The molecule has 0 aliphatic carbocycles. The Bertz CT molecular complexity index is 414. The van der Waals surface area contributed by atoms with E-state index in [1.165, 1.54) is 6.07 Å². The average Bonchev–Trinajstić information content (AvgIpc) is 2.01. The van der Waals surface area contributed by atoms with Gasteiger partial charge in [0.1, 0.15) is 0 Å². The first kappa shape index (κ1) is 11.2. The van der Waals surface area contributed by atoms with E-state index in [9.17, 15) is 8.42 Å². The standard InChI is InChI=1S/C7H6Br2O3S/c8-4-5-3-6(9)1-2-7(5)13(10,11)12/h1-3H,4H2,(H,10,11,12). The van der Waals surface area contributed by atoms with Gasteiger partial charge in [-0.3, -0.25) is 4.55 Å². The molecule has 1 rings (SSSR count). The Hall–Kier alpha value is 0.0900. The van der Waals surface area contributed by atoms with Gasteiger partial charge in [-0.2, -0.15) is 8.42 Å². The van der Waals surface area contributed by atoms with Crippen LogP contribution in [0.5, 0.6) is 0 Å². The van der Waals surface area contributed by atoms with Crippen LogP contribution in [0.2, 0.25) is 0 Å². The van der Waals surface area contributed by atoms with Crippen LogP contribution in [-0.4, -0.2) is 13.0 Å². The van der Waals surface area contributed by atoms with E-state index in [-0.39, 0.29) is 4.90 Å². The van der Waals surface area contributed by atoms with Gasteiger partial charge in [0, 0.05) is 9.80 Å². The summed E-state index contributed by atoms with van der Waals surface area (Å²) in [6, 6.07) is 4.56. The molecule has 0 aromatic heterocycles. The summed E-state index contributed by atoms with van der Waals surface area (Å²) in [6.07, 6.45) is 0. The van der Waals surface area contributed by atoms with Gasteiger partial charge in [-0.1, -0.05) is 31.9 Å². The zero-order chi connectivity index (χ0) is 10.1. The minimum absolute atomic E-state index is 0.0624. The van der Waals surface area contributed by atoms with Gasteiger partial charge in [0.2, 0.25) is 0 Å². The number of benzene rings is 1. The molecule has 1 aromatic rings. The lowest BCUT2D eigenvalue weighted by molar-refractivity contribution is 0.482. The molecule has 0 aliphatic heterocycles. The fourth-order valence-corrected chi connectivity index (χ4v) is 2.66. The van der Waals surface area contributed by atoms with Crippen molar-refractivity contribution in [2.75, 3.05) is 0 Å². The number of hydrogen-bond acceptors (Lipinski definition) is 2. The van der Waals surface area contributed by atoms with Crippen molar-refractivity contribution in [3.8, 4) is 0 Å². The Kier molecular flexibility index (Phi) is 3.50. The molecule has 1 aromatic carbocycles. The summed E-state index contributed by atoms with van der Waals surface area (Å²) < 4.78 is 31.3. The second-order valence-corrected chi connectivity index (χ2v) is 5.23. The molecule has 0 bridgehead atoms. The molecular weight excluding hydrogens is 324 g/mol. The van der Waals surface area contributed by atoms with Crippen LogP contribution >= 0.6 is 31.9 Å². The molecule has 0 unspecified atom stereocenters. The third kappa shape index (κ3) is 2.77. The molecule has 3 nitrogen and oxygen atoms in total. The Morgan fingerprint density at radius 2 is 2.00 bits per heavy atom. The molecule has 0 atom stereocenters. The van der Waals surface area contributed by atoms with E-state index in [0.717, 1.165) is 4.47 Å². The zero-order valence-electron chi connectivity index (χ0n) is 6.37. The summed E-state index contributed by atoms with van der Waals surface area (Å²) in [5.74, 6) is 0. The van der Waals surface area contributed by atoms with Gasteiger partial charge in [-0.25, -0.2) is 0 Å². The van der Waals surface area contributed by atoms with Gasteiger partial charge < -0.3 is 0 Å². The van der Waals surface area contributed by atoms with E-state index in [1.54, 1.807) is 12.1 Å². The molecule has 0 saturated carbocycles. The van der Waals surface area contributed by atoms with Crippen molar-refractivity contribution in [1.82, 2.24) is 0 Å². The van der Waals surface area contributed by atoms with E-state index in [2.05, 4.69) is 31.9 Å². The third-order valence-corrected chi connectivity index (χ3v) is 3.50. The van der Waals surface area contributed by atoms with Crippen LogP contribution < -0.4 is 0 Å². The number of halogens is 2. The topological polar surface area (TPSA) is 54.4 Å². The highest BCUT2D eigenvalue weighted by atomic mass is 79.9. The van der Waals surface area contributed by atoms with Gasteiger partial charge in [0.25, 0.3) is 10.1 Å². The summed E-state index contributed by atoms with van der Waals surface area (Å²) >= 11 is 6.35. The van der Waals surface area contributed by atoms with Crippen LogP contribution in [0.1, 0.15) is 5.56 Å². The highest BCUT2D eigenvalue weighted by Crippen LogP contribution is 2.22. The van der Waals surface area contributed by atoms with Crippen LogP contribution in [0, 0.1) is 0 Å². The first-order chi connectivity index (χ1) is 5.95. The normalized spacial score (nSPS) is 11.6. The number of rotatable bonds is 2. The third-order valence-electron chi connectivity index (χ3n) is 1.44. The molecule has 0 spiro atoms. The predicted octanol–water partition coefficient (Wildman–Crippen LogP) is 2.59. The van der Waals surface area contributed by atoms with E-state index >= 15 is 0 Å². The number of alkyl halides is 1. The van der Waals surface area contributed by atoms with Crippen molar-refractivity contribution in [1.29, 1.82) is 0 Å². The molecule has 0 fully saturated rings. The summed E-state index contributed by atoms with van der Waals surface area (Å²) in [6.45, 7) is 0. The maximum absolute atomic E-state index is 10.8. The maximum atomic E-state index is 10.8. The van der Waals surface area contributed by atoms with Crippen molar-refractivity contribution in [2.45, 2.75) is 10.2 Å². The monoisotopic (exact) mass is 328 g/mol. The fourth-order valence-electron chi connectivity index (χ4n) is 0.904. The highest BCUT2D eigenvalue weighted by molar-refractivity contribution is 9.10. The number of hydrogen-bond donors (Lipinski definition) is 1. The summed E-state index contributed by atoms with van der Waals surface area (Å²) in [4.78, 5) is -0.0624. The fraction of sp³-hybridized carbons (Fsp3) is 0.143. The van der Waals surface area contributed by atoms with Crippen molar-refractivity contribution in [3.63, 3.8) is 0 Å². The maximum Gasteiger partial charge on any atom is 0.294 e. The van der Waals surface area contributed by atoms with E-state index in [1.807, 2.05) is 0 Å². The molecule has 72 valence electrons. The first-order valence-corrected chi connectivity index (χ1v) is 6.62. The van der Waals surface area contributed by atoms with Crippen LogP contribution in [0.25, 0.3) is 0 Å². The van der Waals surface area contributed by atoms with Gasteiger partial charge >= 0.3 is 0 Å². The molecule has 6 heteroatoms. The Morgan fingerprint density at radius 3 is 2.46 bits per heavy atom. The minimum atomic E-state index is -4.11. The van der Waals surface area contributed by atoms with Crippen LogP contribution in [0.3, 0.4) is 0 Å². The summed E-state index contributed by atoms with van der Waals surface area (Å²) in [7, 11) is -4.11. The lowest BCUT2D eigenvalue weighted by Crippen LogP contribution is -2.01. The lowest BCUT2D eigenvalue weighted by Gasteiger charge is -2.03. The summed E-state index contributed by atoms with van der Waals surface area (Å²) in [5, 5.41) is 0.377. The van der Waals surface area contributed by atoms with Gasteiger partial charge in [-0.05, 0) is 23.8 Å². The van der Waals surface area contributed by atoms with Gasteiger partial charge in [-0.15, -0.1) is 0 Å². The largest absolute Gasteiger partial charge is 0.294 e. The van der Waals surface area contributed by atoms with Crippen molar-refractivity contribution in [2.24, 2.45) is 0 Å². The molecule has 13 heavy (non-hydrogen) atoms.